The van der Waals surface area contributed by atoms with Crippen LogP contribution in [0.1, 0.15) is 6.42 Å². The van der Waals surface area contributed by atoms with E-state index in [2.05, 4.69) is 20.0 Å². The highest BCUT2D eigenvalue weighted by atomic mass is 32.2. The van der Waals surface area contributed by atoms with Crippen molar-refractivity contribution < 1.29 is 21.6 Å². The smallest absolute Gasteiger partial charge is 0.314 e. The van der Waals surface area contributed by atoms with Crippen LogP contribution in [0.25, 0.3) is 0 Å². The van der Waals surface area contributed by atoms with Crippen molar-refractivity contribution in [3.05, 3.63) is 12.4 Å². The molecule has 7 nitrogen and oxygen atoms in total. The number of halogens is 3. The van der Waals surface area contributed by atoms with E-state index >= 15 is 0 Å². The lowest BCUT2D eigenvalue weighted by Gasteiger charge is -2.26. The highest BCUT2D eigenvalue weighted by Gasteiger charge is 2.29. The Morgan fingerprint density at radius 3 is 2.65 bits per heavy atom. The van der Waals surface area contributed by atoms with Crippen molar-refractivity contribution in [1.29, 1.82) is 0 Å². The van der Waals surface area contributed by atoms with E-state index in [1.165, 1.54) is 0 Å². The van der Waals surface area contributed by atoms with Crippen molar-refractivity contribution in [3.8, 4) is 0 Å². The SMILES string of the molecule is O=S(=O)(NCCCN1CCNCC1)c1cnn(CC(F)(F)F)c1. The molecule has 0 atom stereocenters. The number of aromatic nitrogens is 2. The monoisotopic (exact) mass is 355 g/mol. The van der Waals surface area contributed by atoms with Crippen LogP contribution in [0.2, 0.25) is 0 Å². The second-order valence-corrected chi connectivity index (χ2v) is 7.10. The summed E-state index contributed by atoms with van der Waals surface area (Å²) in [7, 11) is -3.83. The number of nitrogens with one attached hydrogen (secondary N) is 2. The van der Waals surface area contributed by atoms with Crippen LogP contribution in [-0.2, 0) is 16.6 Å². The minimum Gasteiger partial charge on any atom is -0.314 e. The van der Waals surface area contributed by atoms with Crippen LogP contribution in [0.3, 0.4) is 0 Å². The van der Waals surface area contributed by atoms with Gasteiger partial charge in [0, 0.05) is 38.9 Å². The average Bonchev–Trinajstić information content (AvgIpc) is 2.92. The van der Waals surface area contributed by atoms with E-state index in [1.807, 2.05) is 0 Å². The number of sulfonamides is 1. The quantitative estimate of drug-likeness (QED) is 0.674. The molecule has 0 bridgehead atoms. The number of nitrogens with zero attached hydrogens (tertiary/aromatic N) is 3. The molecule has 1 aromatic heterocycles. The maximum atomic E-state index is 12.2. The molecule has 23 heavy (non-hydrogen) atoms. The van der Waals surface area contributed by atoms with Crippen molar-refractivity contribution in [2.24, 2.45) is 0 Å². The van der Waals surface area contributed by atoms with E-state index in [1.54, 1.807) is 0 Å². The van der Waals surface area contributed by atoms with Gasteiger partial charge in [0.05, 0.1) is 6.20 Å². The van der Waals surface area contributed by atoms with Crippen LogP contribution in [0.4, 0.5) is 13.2 Å². The van der Waals surface area contributed by atoms with Crippen LogP contribution < -0.4 is 10.0 Å². The minimum absolute atomic E-state index is 0.233. The van der Waals surface area contributed by atoms with Crippen molar-refractivity contribution in [2.45, 2.75) is 24.0 Å². The zero-order chi connectivity index (χ0) is 16.9. The predicted octanol–water partition coefficient (Wildman–Crippen LogP) is 0.0190. The number of piperazine rings is 1. The fraction of sp³-hybridized carbons (Fsp3) is 0.750. The maximum Gasteiger partial charge on any atom is 0.408 e. The van der Waals surface area contributed by atoms with Gasteiger partial charge in [-0.2, -0.15) is 18.3 Å². The first-order valence-corrected chi connectivity index (χ1v) is 8.76. The van der Waals surface area contributed by atoms with Gasteiger partial charge in [0.25, 0.3) is 0 Å². The van der Waals surface area contributed by atoms with Gasteiger partial charge in [-0.25, -0.2) is 13.1 Å². The molecule has 0 amide bonds. The van der Waals surface area contributed by atoms with Gasteiger partial charge in [-0.1, -0.05) is 0 Å². The molecule has 1 aliphatic rings. The summed E-state index contributed by atoms with van der Waals surface area (Å²) >= 11 is 0. The highest BCUT2D eigenvalue weighted by molar-refractivity contribution is 7.89. The molecule has 0 spiro atoms. The summed E-state index contributed by atoms with van der Waals surface area (Å²) in [6.45, 7) is 3.39. The van der Waals surface area contributed by atoms with E-state index in [0.717, 1.165) is 45.1 Å². The van der Waals surface area contributed by atoms with E-state index in [-0.39, 0.29) is 11.4 Å². The van der Waals surface area contributed by atoms with Crippen LogP contribution in [-0.4, -0.2) is 68.5 Å². The minimum atomic E-state index is -4.44. The summed E-state index contributed by atoms with van der Waals surface area (Å²) in [6.07, 6.45) is -2.00. The highest BCUT2D eigenvalue weighted by Crippen LogP contribution is 2.18. The lowest BCUT2D eigenvalue weighted by molar-refractivity contribution is -0.142. The van der Waals surface area contributed by atoms with E-state index in [0.29, 0.717) is 11.1 Å². The van der Waals surface area contributed by atoms with Crippen molar-refractivity contribution in [2.75, 3.05) is 39.3 Å². The molecule has 1 saturated heterocycles. The molecule has 2 heterocycles. The summed E-state index contributed by atoms with van der Waals surface area (Å²) in [5, 5.41) is 6.66. The third-order valence-electron chi connectivity index (χ3n) is 3.41. The van der Waals surface area contributed by atoms with Crippen molar-refractivity contribution >= 4 is 10.0 Å². The number of hydrogen-bond acceptors (Lipinski definition) is 5. The second-order valence-electron chi connectivity index (χ2n) is 5.33. The third kappa shape index (κ3) is 6.09. The number of hydrogen-bond donors (Lipinski definition) is 2. The largest absolute Gasteiger partial charge is 0.408 e. The van der Waals surface area contributed by atoms with Crippen LogP contribution >= 0.6 is 0 Å². The molecule has 0 unspecified atom stereocenters. The molecule has 0 aliphatic carbocycles. The lowest BCUT2D eigenvalue weighted by Crippen LogP contribution is -2.44. The number of alkyl halides is 3. The topological polar surface area (TPSA) is 79.3 Å². The fourth-order valence-corrected chi connectivity index (χ4v) is 3.31. The Bertz CT molecular complexity index is 596. The summed E-state index contributed by atoms with van der Waals surface area (Å²) < 4.78 is 63.6. The molecule has 1 aliphatic heterocycles. The van der Waals surface area contributed by atoms with Gasteiger partial charge in [-0.3, -0.25) is 4.68 Å². The summed E-state index contributed by atoms with van der Waals surface area (Å²) in [4.78, 5) is 1.97. The standard InChI is InChI=1S/C12H20F3N5O2S/c13-12(14,15)10-20-9-11(8-17-20)23(21,22)18-2-1-5-19-6-3-16-4-7-19/h8-9,16,18H,1-7,10H2. The van der Waals surface area contributed by atoms with E-state index in [9.17, 15) is 21.6 Å². The first-order chi connectivity index (χ1) is 10.8. The Kier molecular flexibility index (Phi) is 6.00. The second kappa shape index (κ2) is 7.60. The summed E-state index contributed by atoms with van der Waals surface area (Å²) in [5.41, 5.74) is 0. The van der Waals surface area contributed by atoms with E-state index in [4.69, 9.17) is 0 Å². The first-order valence-electron chi connectivity index (χ1n) is 7.28. The molecular formula is C12H20F3N5O2S. The Morgan fingerprint density at radius 2 is 2.00 bits per heavy atom. The van der Waals surface area contributed by atoms with Crippen molar-refractivity contribution in [1.82, 2.24) is 24.7 Å². The van der Waals surface area contributed by atoms with Crippen LogP contribution in [0.15, 0.2) is 17.3 Å². The van der Waals surface area contributed by atoms with Gasteiger partial charge in [-0.15, -0.1) is 0 Å². The van der Waals surface area contributed by atoms with E-state index < -0.39 is 22.7 Å². The van der Waals surface area contributed by atoms with Gasteiger partial charge >= 0.3 is 6.18 Å². The van der Waals surface area contributed by atoms with Crippen LogP contribution in [0, 0.1) is 0 Å². The molecular weight excluding hydrogens is 335 g/mol. The molecule has 2 N–H and O–H groups in total. The Hall–Kier alpha value is -1.17. The van der Waals surface area contributed by atoms with Gasteiger partial charge < -0.3 is 10.2 Å². The summed E-state index contributed by atoms with van der Waals surface area (Å²) in [6, 6.07) is 0. The molecule has 2 rings (SSSR count). The molecule has 11 heteroatoms. The Balaban J connectivity index is 1.79. The van der Waals surface area contributed by atoms with Crippen molar-refractivity contribution in [3.63, 3.8) is 0 Å². The zero-order valence-electron chi connectivity index (χ0n) is 12.5. The Morgan fingerprint density at radius 1 is 1.30 bits per heavy atom. The summed E-state index contributed by atoms with van der Waals surface area (Å²) in [5.74, 6) is 0. The molecule has 0 radical (unpaired) electrons. The molecule has 0 saturated carbocycles. The molecule has 132 valence electrons. The first kappa shape index (κ1) is 18.2. The third-order valence-corrected chi connectivity index (χ3v) is 4.83. The van der Waals surface area contributed by atoms with Gasteiger partial charge in [0.2, 0.25) is 10.0 Å². The molecule has 1 aromatic rings. The fourth-order valence-electron chi connectivity index (χ4n) is 2.28. The maximum absolute atomic E-state index is 12.2. The number of rotatable bonds is 7. The van der Waals surface area contributed by atoms with Crippen LogP contribution in [0.5, 0.6) is 0 Å². The van der Waals surface area contributed by atoms with Gasteiger partial charge in [0.1, 0.15) is 11.4 Å². The van der Waals surface area contributed by atoms with Gasteiger partial charge in [0.15, 0.2) is 0 Å². The van der Waals surface area contributed by atoms with Gasteiger partial charge in [-0.05, 0) is 13.0 Å². The average molecular weight is 355 g/mol. The normalized spacial score (nSPS) is 17.5. The molecule has 1 fully saturated rings. The lowest BCUT2D eigenvalue weighted by atomic mass is 10.3. The molecule has 0 aromatic carbocycles. The Labute approximate surface area is 132 Å². The zero-order valence-corrected chi connectivity index (χ0v) is 13.3. The predicted molar refractivity (Wildman–Crippen MR) is 77.4 cm³/mol.